The first kappa shape index (κ1) is 13.3. The number of carbonyl (C=O) groups is 1. The number of hydrogen-bond donors (Lipinski definition) is 1. The van der Waals surface area contributed by atoms with E-state index < -0.39 is 0 Å². The van der Waals surface area contributed by atoms with E-state index in [2.05, 4.69) is 21.2 Å². The highest BCUT2D eigenvalue weighted by Crippen LogP contribution is 2.25. The normalized spacial score (nSPS) is 10.0. The molecule has 16 heavy (non-hydrogen) atoms. The summed E-state index contributed by atoms with van der Waals surface area (Å²) in [6, 6.07) is 5.60. The van der Waals surface area contributed by atoms with Crippen LogP contribution in [0.15, 0.2) is 22.7 Å². The molecule has 0 saturated carbocycles. The Labute approximate surface area is 109 Å². The number of halogens is 2. The summed E-state index contributed by atoms with van der Waals surface area (Å²) in [6.07, 6.45) is 0.458. The van der Waals surface area contributed by atoms with E-state index in [0.717, 1.165) is 10.2 Å². The first-order valence-corrected chi connectivity index (χ1v) is 6.07. The standard InChI is InChI=1S/C11H14BrClN2O/c1-15(2)11(16)5-6-14-10-4-3-8(12)7-9(10)13/h3-4,7,14H,5-6H2,1-2H3. The Bertz CT molecular complexity index is 382. The van der Waals surface area contributed by atoms with E-state index in [4.69, 9.17) is 11.6 Å². The second-order valence-corrected chi connectivity index (χ2v) is 4.91. The molecule has 3 nitrogen and oxygen atoms in total. The summed E-state index contributed by atoms with van der Waals surface area (Å²) >= 11 is 9.35. The lowest BCUT2D eigenvalue weighted by atomic mass is 10.3. The van der Waals surface area contributed by atoms with Gasteiger partial charge in [-0.15, -0.1) is 0 Å². The van der Waals surface area contributed by atoms with Gasteiger partial charge in [0.25, 0.3) is 0 Å². The Kier molecular flexibility index (Phi) is 5.09. The summed E-state index contributed by atoms with van der Waals surface area (Å²) in [5, 5.41) is 3.77. The second kappa shape index (κ2) is 6.11. The molecule has 1 aromatic carbocycles. The van der Waals surface area contributed by atoms with Gasteiger partial charge in [0, 0.05) is 31.5 Å². The largest absolute Gasteiger partial charge is 0.383 e. The van der Waals surface area contributed by atoms with E-state index >= 15 is 0 Å². The Balaban J connectivity index is 2.46. The van der Waals surface area contributed by atoms with Crippen LogP contribution in [0.3, 0.4) is 0 Å². The Morgan fingerprint density at radius 1 is 1.50 bits per heavy atom. The molecule has 88 valence electrons. The van der Waals surface area contributed by atoms with Crippen LogP contribution in [0.5, 0.6) is 0 Å². The molecule has 0 aliphatic carbocycles. The molecule has 1 aromatic rings. The van der Waals surface area contributed by atoms with Crippen LogP contribution in [0.4, 0.5) is 5.69 Å². The number of anilines is 1. The highest BCUT2D eigenvalue weighted by Gasteiger charge is 2.04. The maximum absolute atomic E-state index is 11.3. The molecule has 1 N–H and O–H groups in total. The number of benzene rings is 1. The van der Waals surface area contributed by atoms with Crippen molar-refractivity contribution in [3.63, 3.8) is 0 Å². The number of amides is 1. The molecule has 0 fully saturated rings. The molecule has 0 spiro atoms. The number of nitrogens with zero attached hydrogens (tertiary/aromatic N) is 1. The zero-order chi connectivity index (χ0) is 12.1. The van der Waals surface area contributed by atoms with Gasteiger partial charge in [-0.3, -0.25) is 4.79 Å². The highest BCUT2D eigenvalue weighted by molar-refractivity contribution is 9.10. The molecule has 5 heteroatoms. The van der Waals surface area contributed by atoms with E-state index in [1.807, 2.05) is 18.2 Å². The van der Waals surface area contributed by atoms with Gasteiger partial charge in [0.1, 0.15) is 0 Å². The molecule has 1 rings (SSSR count). The zero-order valence-corrected chi connectivity index (χ0v) is 11.6. The van der Waals surface area contributed by atoms with E-state index in [1.165, 1.54) is 0 Å². The predicted molar refractivity (Wildman–Crippen MR) is 71.0 cm³/mol. The SMILES string of the molecule is CN(C)C(=O)CCNc1ccc(Br)cc1Cl. The molecule has 0 aliphatic rings. The minimum Gasteiger partial charge on any atom is -0.383 e. The Morgan fingerprint density at radius 3 is 2.75 bits per heavy atom. The van der Waals surface area contributed by atoms with Crippen molar-refractivity contribution in [3.8, 4) is 0 Å². The topological polar surface area (TPSA) is 32.3 Å². The lowest BCUT2D eigenvalue weighted by Crippen LogP contribution is -2.23. The van der Waals surface area contributed by atoms with E-state index in [-0.39, 0.29) is 5.91 Å². The van der Waals surface area contributed by atoms with Crippen LogP contribution < -0.4 is 5.32 Å². The van der Waals surface area contributed by atoms with Crippen molar-refractivity contribution in [2.45, 2.75) is 6.42 Å². The van der Waals surface area contributed by atoms with Crippen molar-refractivity contribution >= 4 is 39.1 Å². The van der Waals surface area contributed by atoms with Crippen LogP contribution in [-0.2, 0) is 4.79 Å². The zero-order valence-electron chi connectivity index (χ0n) is 9.26. The molecular weight excluding hydrogens is 291 g/mol. The number of rotatable bonds is 4. The number of hydrogen-bond acceptors (Lipinski definition) is 2. The summed E-state index contributed by atoms with van der Waals surface area (Å²) in [4.78, 5) is 12.9. The summed E-state index contributed by atoms with van der Waals surface area (Å²) in [6.45, 7) is 0.582. The molecular formula is C11H14BrClN2O. The quantitative estimate of drug-likeness (QED) is 0.927. The van der Waals surface area contributed by atoms with Crippen molar-refractivity contribution in [1.29, 1.82) is 0 Å². The maximum Gasteiger partial charge on any atom is 0.223 e. The van der Waals surface area contributed by atoms with Crippen molar-refractivity contribution in [2.75, 3.05) is 26.0 Å². The van der Waals surface area contributed by atoms with Gasteiger partial charge in [0.2, 0.25) is 5.91 Å². The van der Waals surface area contributed by atoms with E-state index in [1.54, 1.807) is 19.0 Å². The van der Waals surface area contributed by atoms with Gasteiger partial charge in [0.15, 0.2) is 0 Å². The predicted octanol–water partition coefficient (Wildman–Crippen LogP) is 2.99. The minimum absolute atomic E-state index is 0.0979. The van der Waals surface area contributed by atoms with Gasteiger partial charge in [-0.1, -0.05) is 27.5 Å². The molecule has 0 aromatic heterocycles. The molecule has 0 atom stereocenters. The number of nitrogens with one attached hydrogen (secondary N) is 1. The lowest BCUT2D eigenvalue weighted by Gasteiger charge is -2.12. The van der Waals surface area contributed by atoms with E-state index in [0.29, 0.717) is 18.0 Å². The highest BCUT2D eigenvalue weighted by atomic mass is 79.9. The van der Waals surface area contributed by atoms with Gasteiger partial charge in [0.05, 0.1) is 10.7 Å². The minimum atomic E-state index is 0.0979. The molecule has 1 amide bonds. The van der Waals surface area contributed by atoms with Crippen LogP contribution in [0.2, 0.25) is 5.02 Å². The van der Waals surface area contributed by atoms with Gasteiger partial charge in [-0.2, -0.15) is 0 Å². The molecule has 0 radical (unpaired) electrons. The van der Waals surface area contributed by atoms with Crippen LogP contribution in [0.1, 0.15) is 6.42 Å². The third kappa shape index (κ3) is 4.02. The summed E-state index contributed by atoms with van der Waals surface area (Å²) in [5.41, 5.74) is 0.844. The molecule has 0 aliphatic heterocycles. The van der Waals surface area contributed by atoms with Gasteiger partial charge in [-0.25, -0.2) is 0 Å². The van der Waals surface area contributed by atoms with Crippen LogP contribution >= 0.6 is 27.5 Å². The second-order valence-electron chi connectivity index (χ2n) is 3.59. The average molecular weight is 306 g/mol. The van der Waals surface area contributed by atoms with Gasteiger partial charge in [-0.05, 0) is 18.2 Å². The fourth-order valence-electron chi connectivity index (χ4n) is 1.16. The lowest BCUT2D eigenvalue weighted by molar-refractivity contribution is -0.128. The van der Waals surface area contributed by atoms with Crippen molar-refractivity contribution in [2.24, 2.45) is 0 Å². The first-order valence-electron chi connectivity index (χ1n) is 4.90. The summed E-state index contributed by atoms with van der Waals surface area (Å²) in [7, 11) is 3.49. The van der Waals surface area contributed by atoms with Crippen LogP contribution in [-0.4, -0.2) is 31.4 Å². The third-order valence-electron chi connectivity index (χ3n) is 2.08. The monoisotopic (exact) mass is 304 g/mol. The average Bonchev–Trinajstić information content (AvgIpc) is 2.20. The van der Waals surface area contributed by atoms with Gasteiger partial charge >= 0.3 is 0 Å². The van der Waals surface area contributed by atoms with Crippen molar-refractivity contribution in [1.82, 2.24) is 4.90 Å². The van der Waals surface area contributed by atoms with Crippen molar-refractivity contribution in [3.05, 3.63) is 27.7 Å². The summed E-state index contributed by atoms with van der Waals surface area (Å²) in [5.74, 6) is 0.0979. The van der Waals surface area contributed by atoms with Crippen LogP contribution in [0, 0.1) is 0 Å². The van der Waals surface area contributed by atoms with Crippen molar-refractivity contribution < 1.29 is 4.79 Å². The molecule has 0 bridgehead atoms. The third-order valence-corrected chi connectivity index (χ3v) is 2.89. The number of carbonyl (C=O) groups excluding carboxylic acids is 1. The summed E-state index contributed by atoms with van der Waals surface area (Å²) < 4.78 is 0.937. The Morgan fingerprint density at radius 2 is 2.19 bits per heavy atom. The molecule has 0 heterocycles. The smallest absolute Gasteiger partial charge is 0.223 e. The molecule has 0 unspecified atom stereocenters. The first-order chi connectivity index (χ1) is 7.50. The fraction of sp³-hybridized carbons (Fsp3) is 0.364. The molecule has 0 saturated heterocycles. The van der Waals surface area contributed by atoms with E-state index in [9.17, 15) is 4.79 Å². The Hall–Kier alpha value is -0.740. The fourth-order valence-corrected chi connectivity index (χ4v) is 1.90. The van der Waals surface area contributed by atoms with Gasteiger partial charge < -0.3 is 10.2 Å². The van der Waals surface area contributed by atoms with Crippen LogP contribution in [0.25, 0.3) is 0 Å². The maximum atomic E-state index is 11.3.